The van der Waals surface area contributed by atoms with Gasteiger partial charge < -0.3 is 20.6 Å². The van der Waals surface area contributed by atoms with Crippen LogP contribution in [0, 0.1) is 6.92 Å². The normalized spacial score (nSPS) is 12.6. The minimum Gasteiger partial charge on any atom is -0.480 e. The average molecular weight is 594 g/mol. The number of aliphatic carboxylic acids is 1. The summed E-state index contributed by atoms with van der Waals surface area (Å²) in [6, 6.07) is 13.7. The lowest BCUT2D eigenvalue weighted by atomic mass is 10.1. The highest BCUT2D eigenvalue weighted by Crippen LogP contribution is 2.40. The zero-order valence-electron chi connectivity index (χ0n) is 17.2. The van der Waals surface area contributed by atoms with E-state index in [0.29, 0.717) is 36.9 Å². The lowest BCUT2D eigenvalue weighted by molar-refractivity contribution is -0.138. The maximum atomic E-state index is 13.2. The number of nitrogens with two attached hydrogens (primary N) is 1. The van der Waals surface area contributed by atoms with Crippen molar-refractivity contribution in [2.75, 3.05) is 0 Å². The van der Waals surface area contributed by atoms with E-state index in [1.165, 1.54) is 6.20 Å². The molecule has 3 aromatic carbocycles. The van der Waals surface area contributed by atoms with Crippen molar-refractivity contribution in [2.45, 2.75) is 22.8 Å². The van der Waals surface area contributed by atoms with Gasteiger partial charge in [0.15, 0.2) is 5.75 Å². The molecule has 1 heterocycles. The molecule has 33 heavy (non-hydrogen) atoms. The van der Waals surface area contributed by atoms with Crippen LogP contribution in [0.3, 0.4) is 0 Å². The van der Waals surface area contributed by atoms with E-state index in [4.69, 9.17) is 15.6 Å². The van der Waals surface area contributed by atoms with Crippen molar-refractivity contribution in [3.8, 4) is 11.5 Å². The minimum atomic E-state index is -3.74. The molecule has 4 rings (SSSR count). The van der Waals surface area contributed by atoms with Gasteiger partial charge in [0.05, 0.1) is 18.7 Å². The Morgan fingerprint density at radius 2 is 1.70 bits per heavy atom. The van der Waals surface area contributed by atoms with Crippen molar-refractivity contribution >= 4 is 58.6 Å². The van der Waals surface area contributed by atoms with Gasteiger partial charge in [-0.15, -0.1) is 0 Å². The SMILES string of the molecule is Cc1ccc(S(=O)(=O)c2c[nH]c3ccc(Oc4c(Br)cc([C@@H](N)C(=O)O)cc4Br)cc23)cc1. The van der Waals surface area contributed by atoms with Crippen LogP contribution >= 0.6 is 31.9 Å². The highest BCUT2D eigenvalue weighted by molar-refractivity contribution is 9.11. The summed E-state index contributed by atoms with van der Waals surface area (Å²) in [6.45, 7) is 1.89. The van der Waals surface area contributed by atoms with Gasteiger partial charge in [-0.2, -0.15) is 0 Å². The number of aryl methyl sites for hydroxylation is 1. The molecule has 170 valence electrons. The van der Waals surface area contributed by atoms with Gasteiger partial charge >= 0.3 is 5.97 Å². The van der Waals surface area contributed by atoms with Crippen molar-refractivity contribution in [1.82, 2.24) is 4.98 Å². The van der Waals surface area contributed by atoms with Crippen LogP contribution in [-0.4, -0.2) is 24.5 Å². The smallest absolute Gasteiger partial charge is 0.325 e. The summed E-state index contributed by atoms with van der Waals surface area (Å²) in [5.74, 6) is -0.351. The Morgan fingerprint density at radius 3 is 2.30 bits per heavy atom. The summed E-state index contributed by atoms with van der Waals surface area (Å²) in [5.41, 5.74) is 7.70. The maximum Gasteiger partial charge on any atom is 0.325 e. The molecular formula is C23H18Br2N2O5S. The van der Waals surface area contributed by atoms with E-state index in [0.717, 1.165) is 5.56 Å². The van der Waals surface area contributed by atoms with Gasteiger partial charge in [-0.1, -0.05) is 17.7 Å². The molecule has 1 aromatic heterocycles. The van der Waals surface area contributed by atoms with Gasteiger partial charge in [0, 0.05) is 17.1 Å². The molecule has 4 N–H and O–H groups in total. The second-order valence-corrected chi connectivity index (χ2v) is 11.0. The third-order valence-corrected chi connectivity index (χ3v) is 8.09. The fraction of sp³-hybridized carbons (Fsp3) is 0.0870. The highest BCUT2D eigenvalue weighted by atomic mass is 79.9. The molecule has 0 spiro atoms. The fourth-order valence-electron chi connectivity index (χ4n) is 3.32. The standard InChI is InChI=1S/C23H18Br2N2O5S/c1-12-2-5-15(6-3-12)33(30,31)20-11-27-19-7-4-14(10-16(19)20)32-22-17(24)8-13(9-18(22)25)21(26)23(28)29/h2-11,21,27H,26H2,1H3,(H,28,29)/t21-/m1/s1. The molecular weight excluding hydrogens is 576 g/mol. The van der Waals surface area contributed by atoms with Gasteiger partial charge in [0.2, 0.25) is 9.84 Å². The van der Waals surface area contributed by atoms with Crippen LogP contribution in [0.15, 0.2) is 79.5 Å². The van der Waals surface area contributed by atoms with E-state index in [2.05, 4.69) is 36.8 Å². The summed E-state index contributed by atoms with van der Waals surface area (Å²) in [5, 5.41) is 9.64. The topological polar surface area (TPSA) is 122 Å². The first-order valence-electron chi connectivity index (χ1n) is 9.66. The van der Waals surface area contributed by atoms with Crippen LogP contribution in [0.25, 0.3) is 10.9 Å². The van der Waals surface area contributed by atoms with Gasteiger partial charge in [0.1, 0.15) is 11.8 Å². The Labute approximate surface area is 206 Å². The number of sulfone groups is 1. The monoisotopic (exact) mass is 592 g/mol. The Kier molecular flexibility index (Phi) is 6.37. The van der Waals surface area contributed by atoms with E-state index >= 15 is 0 Å². The van der Waals surface area contributed by atoms with Gasteiger partial charge in [-0.25, -0.2) is 8.42 Å². The Morgan fingerprint density at radius 1 is 1.06 bits per heavy atom. The molecule has 0 amide bonds. The summed E-state index contributed by atoms with van der Waals surface area (Å²) >= 11 is 6.78. The number of fused-ring (bicyclic) bond motifs is 1. The first kappa shape index (κ1) is 23.5. The number of rotatable bonds is 6. The van der Waals surface area contributed by atoms with E-state index in [9.17, 15) is 13.2 Å². The first-order chi connectivity index (χ1) is 15.6. The van der Waals surface area contributed by atoms with E-state index in [1.54, 1.807) is 54.6 Å². The molecule has 4 aromatic rings. The van der Waals surface area contributed by atoms with Crippen molar-refractivity contribution in [3.63, 3.8) is 0 Å². The van der Waals surface area contributed by atoms with E-state index in [-0.39, 0.29) is 9.79 Å². The lowest BCUT2D eigenvalue weighted by Crippen LogP contribution is -2.20. The Bertz CT molecular complexity index is 1460. The van der Waals surface area contributed by atoms with Crippen molar-refractivity contribution in [2.24, 2.45) is 5.73 Å². The van der Waals surface area contributed by atoms with Crippen LogP contribution in [0.1, 0.15) is 17.2 Å². The predicted octanol–water partition coefficient (Wildman–Crippen LogP) is 5.71. The summed E-state index contributed by atoms with van der Waals surface area (Å²) < 4.78 is 33.4. The molecule has 7 nitrogen and oxygen atoms in total. The zero-order valence-corrected chi connectivity index (χ0v) is 21.2. The third kappa shape index (κ3) is 4.56. The number of aromatic nitrogens is 1. The molecule has 0 aliphatic rings. The molecule has 0 fully saturated rings. The number of hydrogen-bond donors (Lipinski definition) is 3. The largest absolute Gasteiger partial charge is 0.480 e. The van der Waals surface area contributed by atoms with Gasteiger partial charge in [-0.05, 0) is 86.8 Å². The number of carboxylic acid groups (broad SMARTS) is 1. The average Bonchev–Trinajstić information content (AvgIpc) is 3.20. The number of nitrogens with one attached hydrogen (secondary N) is 1. The van der Waals surface area contributed by atoms with Crippen molar-refractivity contribution in [3.05, 3.63) is 80.9 Å². The Balaban J connectivity index is 1.73. The molecule has 0 saturated carbocycles. The zero-order chi connectivity index (χ0) is 23.9. The number of carbonyl (C=O) groups is 1. The van der Waals surface area contributed by atoms with E-state index in [1.807, 2.05) is 6.92 Å². The lowest BCUT2D eigenvalue weighted by Gasteiger charge is -2.14. The second kappa shape index (κ2) is 8.94. The van der Waals surface area contributed by atoms with Crippen molar-refractivity contribution < 1.29 is 23.1 Å². The predicted molar refractivity (Wildman–Crippen MR) is 131 cm³/mol. The number of carboxylic acids is 1. The first-order valence-corrected chi connectivity index (χ1v) is 12.7. The van der Waals surface area contributed by atoms with Gasteiger partial charge in [-0.3, -0.25) is 4.79 Å². The summed E-state index contributed by atoms with van der Waals surface area (Å²) in [4.78, 5) is 14.5. The summed E-state index contributed by atoms with van der Waals surface area (Å²) in [7, 11) is -3.74. The van der Waals surface area contributed by atoms with Crippen LogP contribution in [0.2, 0.25) is 0 Å². The molecule has 0 aliphatic heterocycles. The molecule has 0 aliphatic carbocycles. The fourth-order valence-corrected chi connectivity index (χ4v) is 6.13. The minimum absolute atomic E-state index is 0.146. The molecule has 0 unspecified atom stereocenters. The highest BCUT2D eigenvalue weighted by Gasteiger charge is 2.23. The quantitative estimate of drug-likeness (QED) is 0.263. The molecule has 0 saturated heterocycles. The van der Waals surface area contributed by atoms with E-state index < -0.39 is 21.8 Å². The molecule has 0 radical (unpaired) electrons. The molecule has 10 heteroatoms. The number of halogens is 2. The van der Waals surface area contributed by atoms with Gasteiger partial charge in [0.25, 0.3) is 0 Å². The number of H-pyrrole nitrogens is 1. The van der Waals surface area contributed by atoms with Crippen LogP contribution < -0.4 is 10.5 Å². The van der Waals surface area contributed by atoms with Crippen LogP contribution in [0.5, 0.6) is 11.5 Å². The summed E-state index contributed by atoms with van der Waals surface area (Å²) in [6.07, 6.45) is 1.47. The third-order valence-electron chi connectivity index (χ3n) is 5.10. The maximum absolute atomic E-state index is 13.2. The molecule has 0 bridgehead atoms. The number of benzene rings is 3. The number of ether oxygens (including phenoxy) is 1. The van der Waals surface area contributed by atoms with Crippen LogP contribution in [-0.2, 0) is 14.6 Å². The number of aromatic amines is 1. The Hall–Kier alpha value is -2.66. The second-order valence-electron chi connectivity index (χ2n) is 7.41. The molecule has 1 atom stereocenters. The number of hydrogen-bond acceptors (Lipinski definition) is 5. The van der Waals surface area contributed by atoms with Crippen molar-refractivity contribution in [1.29, 1.82) is 0 Å². The van der Waals surface area contributed by atoms with Crippen LogP contribution in [0.4, 0.5) is 0 Å².